The van der Waals surface area contributed by atoms with Crippen molar-refractivity contribution in [2.45, 2.75) is 87.8 Å². The van der Waals surface area contributed by atoms with Gasteiger partial charge < -0.3 is 50.6 Å². The van der Waals surface area contributed by atoms with E-state index in [1.165, 1.54) is 13.1 Å². The number of carbonyl (C=O) groups is 4. The van der Waals surface area contributed by atoms with Crippen LogP contribution in [0.5, 0.6) is 0 Å². The monoisotopic (exact) mass is 699 g/mol. The molecule has 5 rings (SSSR count). The minimum atomic E-state index is -1.63. The van der Waals surface area contributed by atoms with Crippen LogP contribution in [0.25, 0.3) is 0 Å². The van der Waals surface area contributed by atoms with Crippen LogP contribution in [0.3, 0.4) is 0 Å². The van der Waals surface area contributed by atoms with Crippen molar-refractivity contribution >= 4 is 29.2 Å². The first kappa shape index (κ1) is 37.3. The molecule has 4 aliphatic rings. The van der Waals surface area contributed by atoms with E-state index in [0.717, 1.165) is 46.9 Å². The van der Waals surface area contributed by atoms with E-state index in [1.54, 1.807) is 30.2 Å². The molecule has 16 nitrogen and oxygen atoms in total. The van der Waals surface area contributed by atoms with Gasteiger partial charge in [0.15, 0.2) is 12.0 Å². The summed E-state index contributed by atoms with van der Waals surface area (Å²) in [6, 6.07) is 6.15. The van der Waals surface area contributed by atoms with Gasteiger partial charge in [-0.2, -0.15) is 0 Å². The van der Waals surface area contributed by atoms with Crippen molar-refractivity contribution in [2.75, 3.05) is 32.5 Å². The predicted octanol–water partition coefficient (Wildman–Crippen LogP) is -1.31. The van der Waals surface area contributed by atoms with Crippen molar-refractivity contribution < 1.29 is 53.8 Å². The highest BCUT2D eigenvalue weighted by Gasteiger charge is 2.49. The van der Waals surface area contributed by atoms with E-state index in [2.05, 4.69) is 12.2 Å². The van der Waals surface area contributed by atoms with Gasteiger partial charge >= 0.3 is 0 Å². The topological polar surface area (TPSA) is 225 Å². The van der Waals surface area contributed by atoms with Crippen molar-refractivity contribution in [2.24, 2.45) is 5.73 Å². The summed E-state index contributed by atoms with van der Waals surface area (Å²) in [5.41, 5.74) is 7.41. The molecule has 1 unspecified atom stereocenters. The van der Waals surface area contributed by atoms with Gasteiger partial charge in [-0.05, 0) is 55.8 Å². The van der Waals surface area contributed by atoms with Gasteiger partial charge in [0.2, 0.25) is 12.2 Å². The highest BCUT2D eigenvalue weighted by Crippen LogP contribution is 2.32. The summed E-state index contributed by atoms with van der Waals surface area (Å²) in [6.07, 6.45) is -3.83. The second-order valence-corrected chi connectivity index (χ2v) is 12.8. The number of aliphatic hydroxyl groups is 4. The molecule has 2 saturated heterocycles. The summed E-state index contributed by atoms with van der Waals surface area (Å²) in [4.78, 5) is 55.6. The Kier molecular flexibility index (Phi) is 11.9. The molecule has 4 heterocycles. The molecule has 50 heavy (non-hydrogen) atoms. The molecule has 3 amide bonds. The molecule has 16 heteroatoms. The zero-order valence-electron chi connectivity index (χ0n) is 28.1. The first-order valence-corrected chi connectivity index (χ1v) is 16.6. The largest absolute Gasteiger partial charge is 0.464 e. The molecule has 1 aromatic carbocycles. The number of nitrogens with zero attached hydrogens (tertiary/aromatic N) is 3. The van der Waals surface area contributed by atoms with Gasteiger partial charge in [0, 0.05) is 32.0 Å². The van der Waals surface area contributed by atoms with Crippen LogP contribution in [-0.4, -0.2) is 141 Å². The fraction of sp³-hybridized carbons (Fsp3) is 0.529. The number of anilines is 1. The van der Waals surface area contributed by atoms with E-state index in [-0.39, 0.29) is 24.5 Å². The molecular weight excluding hydrogens is 654 g/mol. The minimum absolute atomic E-state index is 0.0483. The Bertz CT molecular complexity index is 1530. The van der Waals surface area contributed by atoms with Gasteiger partial charge in [-0.25, -0.2) is 0 Å². The number of benzene rings is 1. The lowest BCUT2D eigenvalue weighted by Gasteiger charge is -2.31. The third kappa shape index (κ3) is 7.82. The van der Waals surface area contributed by atoms with Gasteiger partial charge in [0.1, 0.15) is 54.1 Å². The molecule has 0 spiro atoms. The number of nitrogens with one attached hydrogen (secondary N) is 1. The number of allylic oxidation sites excluding steroid dienone is 1. The smallest absolute Gasteiger partial charge is 0.272 e. The molecule has 9 atom stereocenters. The van der Waals surface area contributed by atoms with Crippen LogP contribution in [0, 0.1) is 0 Å². The van der Waals surface area contributed by atoms with E-state index in [4.69, 9.17) is 19.9 Å². The van der Waals surface area contributed by atoms with Crippen LogP contribution < -0.4 is 11.1 Å². The van der Waals surface area contributed by atoms with E-state index in [0.29, 0.717) is 5.69 Å². The predicted molar refractivity (Wildman–Crippen MR) is 176 cm³/mol. The molecule has 0 radical (unpaired) electrons. The highest BCUT2D eigenvalue weighted by atomic mass is 16.7. The number of likely N-dealkylation sites (N-methyl/N-ethyl adjacent to an activating group) is 2. The van der Waals surface area contributed by atoms with Crippen LogP contribution >= 0.6 is 0 Å². The summed E-state index contributed by atoms with van der Waals surface area (Å²) in [7, 11) is 3.00. The van der Waals surface area contributed by atoms with Crippen LogP contribution in [0.15, 0.2) is 60.1 Å². The molecule has 272 valence electrons. The Labute approximate surface area is 289 Å². The molecule has 0 bridgehead atoms. The molecule has 1 aromatic rings. The lowest BCUT2D eigenvalue weighted by Crippen LogP contribution is -2.47. The minimum Gasteiger partial charge on any atom is -0.464 e. The van der Waals surface area contributed by atoms with Crippen molar-refractivity contribution in [3.05, 3.63) is 65.7 Å². The van der Waals surface area contributed by atoms with Gasteiger partial charge in [-0.1, -0.05) is 25.5 Å². The molecule has 2 fully saturated rings. The zero-order valence-corrected chi connectivity index (χ0v) is 28.1. The first-order chi connectivity index (χ1) is 23.8. The lowest BCUT2D eigenvalue weighted by molar-refractivity contribution is -0.154. The number of aryl methyl sites for hydroxylation is 1. The number of hydrogen-bond acceptors (Lipinski definition) is 13. The average molecular weight is 700 g/mol. The summed E-state index contributed by atoms with van der Waals surface area (Å²) in [6.45, 7) is 2.02. The molecule has 0 saturated carbocycles. The Morgan fingerprint density at radius 2 is 1.76 bits per heavy atom. The molecular formula is C34H45N5O11. The highest BCUT2D eigenvalue weighted by molar-refractivity contribution is 6.07. The van der Waals surface area contributed by atoms with E-state index >= 15 is 0 Å². The normalized spacial score (nSPS) is 32.4. The maximum absolute atomic E-state index is 14.2. The van der Waals surface area contributed by atoms with E-state index < -0.39 is 85.1 Å². The molecule has 0 aromatic heterocycles. The van der Waals surface area contributed by atoms with Gasteiger partial charge in [0.05, 0.1) is 6.42 Å². The summed E-state index contributed by atoms with van der Waals surface area (Å²) in [5, 5.41) is 45.9. The number of ketones is 1. The number of aliphatic hydroxyl groups excluding tert-OH is 4. The SMILES string of the molecule is CCCCc1ccc(NC(=O)C2=CCN(C)[C@@H](C(=CC3O[C@@H](N4C=CC(=O)CC4=O)[C@H](O)[C@@H]3O)O[C@@H]3O[C@H](CN)[C@@H](O)[C@H]3O)C(=O)N2C)cc1. The standard InChI is InChI=1S/C34H45N5O11/c1-4-5-6-18-7-9-19(10-8-18)36-31(46)21-12-13-37(2)26(32(47)38(21)3)22(49-34-30(45)28(43)24(17-35)50-34)16-23-27(42)29(44)33(48-23)39-14-11-20(40)15-25(39)41/h7-12,14,16,23-24,26-30,33-34,42-45H,4-6,13,15,17,35H2,1-3H3,(H,36,46)/t23?,24-,26+,27-,28-,29-,30-,33-,34-/m1/s1. The molecule has 0 aliphatic carbocycles. The number of rotatable bonds is 11. The first-order valence-electron chi connectivity index (χ1n) is 16.6. The maximum atomic E-state index is 14.2. The number of nitrogens with two attached hydrogens (primary N) is 1. The number of carbonyl (C=O) groups excluding carboxylic acids is 4. The van der Waals surface area contributed by atoms with Crippen LogP contribution in [0.1, 0.15) is 31.7 Å². The second-order valence-electron chi connectivity index (χ2n) is 12.8. The average Bonchev–Trinajstić information content (AvgIpc) is 3.48. The van der Waals surface area contributed by atoms with Crippen LogP contribution in [0.2, 0.25) is 0 Å². The van der Waals surface area contributed by atoms with Crippen molar-refractivity contribution in [1.82, 2.24) is 14.7 Å². The molecule has 4 aliphatic heterocycles. The van der Waals surface area contributed by atoms with Crippen molar-refractivity contribution in [3.63, 3.8) is 0 Å². The zero-order chi connectivity index (χ0) is 36.3. The van der Waals surface area contributed by atoms with E-state index in [9.17, 15) is 39.6 Å². The Morgan fingerprint density at radius 3 is 2.40 bits per heavy atom. The maximum Gasteiger partial charge on any atom is 0.272 e. The van der Waals surface area contributed by atoms with Crippen molar-refractivity contribution in [1.29, 1.82) is 0 Å². The Morgan fingerprint density at radius 1 is 1.04 bits per heavy atom. The third-order valence-corrected chi connectivity index (χ3v) is 9.19. The summed E-state index contributed by atoms with van der Waals surface area (Å²) in [5.74, 6) is -2.47. The Hall–Kier alpha value is -4.00. The quantitative estimate of drug-likeness (QED) is 0.117. The van der Waals surface area contributed by atoms with Crippen LogP contribution in [0.4, 0.5) is 5.69 Å². The van der Waals surface area contributed by atoms with Gasteiger partial charge in [-0.15, -0.1) is 0 Å². The number of unbranched alkanes of at least 4 members (excludes halogenated alkanes) is 1. The fourth-order valence-corrected chi connectivity index (χ4v) is 6.20. The summed E-state index contributed by atoms with van der Waals surface area (Å²) < 4.78 is 17.6. The summed E-state index contributed by atoms with van der Waals surface area (Å²) >= 11 is 0. The fourth-order valence-electron chi connectivity index (χ4n) is 6.20. The third-order valence-electron chi connectivity index (χ3n) is 9.19. The molecule has 7 N–H and O–H groups in total. The van der Waals surface area contributed by atoms with E-state index in [1.807, 2.05) is 12.1 Å². The van der Waals surface area contributed by atoms with Crippen LogP contribution in [-0.2, 0) is 39.8 Å². The number of amides is 3. The number of hydrogen-bond donors (Lipinski definition) is 6. The number of ether oxygens (including phenoxy) is 3. The Balaban J connectivity index is 1.41. The van der Waals surface area contributed by atoms with Gasteiger partial charge in [-0.3, -0.25) is 29.0 Å². The van der Waals surface area contributed by atoms with Gasteiger partial charge in [0.25, 0.3) is 11.8 Å². The lowest BCUT2D eigenvalue weighted by atomic mass is 10.1. The second kappa shape index (κ2) is 15.9. The van der Waals surface area contributed by atoms with Crippen molar-refractivity contribution in [3.8, 4) is 0 Å².